The van der Waals surface area contributed by atoms with Gasteiger partial charge in [-0.1, -0.05) is 5.21 Å². The fraction of sp³-hybridized carbons (Fsp3) is 0.400. The van der Waals surface area contributed by atoms with Crippen molar-refractivity contribution in [2.24, 2.45) is 5.84 Å². The van der Waals surface area contributed by atoms with Gasteiger partial charge >= 0.3 is 5.69 Å². The van der Waals surface area contributed by atoms with E-state index in [0.29, 0.717) is 19.5 Å². The van der Waals surface area contributed by atoms with Crippen molar-refractivity contribution in [1.29, 1.82) is 0 Å². The van der Waals surface area contributed by atoms with E-state index in [4.69, 9.17) is 5.84 Å². The quantitative estimate of drug-likeness (QED) is 0.279. The average Bonchev–Trinajstić information content (AvgIpc) is 2.95. The van der Waals surface area contributed by atoms with Crippen LogP contribution in [0.4, 0.5) is 17.5 Å². The lowest BCUT2D eigenvalue weighted by Gasteiger charge is -2.09. The van der Waals surface area contributed by atoms with E-state index in [9.17, 15) is 10.1 Å². The first kappa shape index (κ1) is 14.6. The van der Waals surface area contributed by atoms with Gasteiger partial charge in [0.25, 0.3) is 0 Å². The number of nitro groups is 1. The molecule has 0 aliphatic rings. The van der Waals surface area contributed by atoms with Gasteiger partial charge in [0.2, 0.25) is 11.8 Å². The van der Waals surface area contributed by atoms with Crippen LogP contribution in [0.1, 0.15) is 12.1 Å². The Hall–Kier alpha value is -2.82. The average molecular weight is 293 g/mol. The van der Waals surface area contributed by atoms with Crippen molar-refractivity contribution in [1.82, 2.24) is 25.0 Å². The van der Waals surface area contributed by atoms with E-state index in [0.717, 1.165) is 0 Å². The third kappa shape index (κ3) is 3.60. The summed E-state index contributed by atoms with van der Waals surface area (Å²) in [7, 11) is 0. The summed E-state index contributed by atoms with van der Waals surface area (Å²) < 4.78 is 1.67. The molecule has 0 radical (unpaired) electrons. The second kappa shape index (κ2) is 6.56. The van der Waals surface area contributed by atoms with Gasteiger partial charge in [0.05, 0.1) is 11.1 Å². The number of nitrogens with one attached hydrogen (secondary N) is 2. The number of hydrazine groups is 1. The summed E-state index contributed by atoms with van der Waals surface area (Å²) in [6.07, 6.45) is 4.04. The van der Waals surface area contributed by atoms with Crippen molar-refractivity contribution in [2.45, 2.75) is 19.9 Å². The molecule has 0 aromatic carbocycles. The van der Waals surface area contributed by atoms with Crippen molar-refractivity contribution in [3.63, 3.8) is 0 Å². The molecular formula is C10H15N9O2. The molecular weight excluding hydrogens is 278 g/mol. The number of anilines is 2. The molecule has 112 valence electrons. The van der Waals surface area contributed by atoms with Gasteiger partial charge in [-0.05, 0) is 13.3 Å². The van der Waals surface area contributed by atoms with Crippen LogP contribution in [0, 0.1) is 17.0 Å². The van der Waals surface area contributed by atoms with Crippen LogP contribution in [0.25, 0.3) is 0 Å². The predicted octanol–water partition coefficient (Wildman–Crippen LogP) is 0.0725. The third-order valence-electron chi connectivity index (χ3n) is 2.70. The SMILES string of the molecule is Cc1nc(NN)nc(NCCCn2ccnn2)c1[N+](=O)[O-]. The number of aromatic nitrogens is 5. The van der Waals surface area contributed by atoms with Crippen LogP contribution < -0.4 is 16.6 Å². The number of nitrogens with zero attached hydrogens (tertiary/aromatic N) is 6. The summed E-state index contributed by atoms with van der Waals surface area (Å²) in [5, 5.41) is 21.5. The van der Waals surface area contributed by atoms with Gasteiger partial charge in [-0.25, -0.2) is 10.8 Å². The summed E-state index contributed by atoms with van der Waals surface area (Å²) in [6.45, 7) is 2.66. The fourth-order valence-corrected chi connectivity index (χ4v) is 1.77. The van der Waals surface area contributed by atoms with Crippen LogP contribution in [-0.2, 0) is 6.54 Å². The molecule has 0 saturated heterocycles. The van der Waals surface area contributed by atoms with Crippen molar-refractivity contribution >= 4 is 17.5 Å². The molecule has 0 spiro atoms. The van der Waals surface area contributed by atoms with E-state index in [-0.39, 0.29) is 23.1 Å². The van der Waals surface area contributed by atoms with Crippen LogP contribution in [0.15, 0.2) is 12.4 Å². The van der Waals surface area contributed by atoms with Gasteiger partial charge in [-0.15, -0.1) is 5.10 Å². The standard InChI is InChI=1S/C10H15N9O2/c1-7-8(19(20)21)9(15-10(14-7)16-11)12-3-2-5-18-6-4-13-17-18/h4,6H,2-3,5,11H2,1H3,(H2,12,14,15,16). The maximum Gasteiger partial charge on any atom is 0.332 e. The molecule has 0 atom stereocenters. The number of nitrogens with two attached hydrogens (primary N) is 1. The highest BCUT2D eigenvalue weighted by Crippen LogP contribution is 2.26. The Kier molecular flexibility index (Phi) is 4.56. The first-order valence-corrected chi connectivity index (χ1v) is 6.19. The summed E-state index contributed by atoms with van der Waals surface area (Å²) >= 11 is 0. The minimum Gasteiger partial charge on any atom is -0.364 e. The highest BCUT2D eigenvalue weighted by molar-refractivity contribution is 5.60. The lowest BCUT2D eigenvalue weighted by atomic mass is 10.3. The number of hydrogen-bond donors (Lipinski definition) is 3. The highest BCUT2D eigenvalue weighted by Gasteiger charge is 2.21. The van der Waals surface area contributed by atoms with Gasteiger partial charge in [-0.3, -0.25) is 20.2 Å². The molecule has 0 fully saturated rings. The predicted molar refractivity (Wildman–Crippen MR) is 74.4 cm³/mol. The number of nitrogen functional groups attached to an aromatic ring is 1. The van der Waals surface area contributed by atoms with Gasteiger partial charge in [0.15, 0.2) is 0 Å². The zero-order chi connectivity index (χ0) is 15.2. The van der Waals surface area contributed by atoms with Gasteiger partial charge < -0.3 is 5.32 Å². The summed E-state index contributed by atoms with van der Waals surface area (Å²) in [4.78, 5) is 18.4. The van der Waals surface area contributed by atoms with Crippen LogP contribution >= 0.6 is 0 Å². The third-order valence-corrected chi connectivity index (χ3v) is 2.70. The van der Waals surface area contributed by atoms with Crippen LogP contribution in [-0.4, -0.2) is 36.4 Å². The first-order chi connectivity index (χ1) is 10.1. The fourth-order valence-electron chi connectivity index (χ4n) is 1.77. The number of hydrogen-bond acceptors (Lipinski definition) is 9. The molecule has 4 N–H and O–H groups in total. The van der Waals surface area contributed by atoms with Crippen LogP contribution in [0.2, 0.25) is 0 Å². The molecule has 0 saturated carbocycles. The Balaban J connectivity index is 2.03. The van der Waals surface area contributed by atoms with Gasteiger partial charge in [0.1, 0.15) is 5.69 Å². The zero-order valence-corrected chi connectivity index (χ0v) is 11.4. The largest absolute Gasteiger partial charge is 0.364 e. The maximum absolute atomic E-state index is 11.1. The molecule has 11 heteroatoms. The molecule has 2 heterocycles. The molecule has 0 amide bonds. The van der Waals surface area contributed by atoms with Crippen molar-refractivity contribution in [3.8, 4) is 0 Å². The van der Waals surface area contributed by atoms with E-state index in [1.807, 2.05) is 0 Å². The van der Waals surface area contributed by atoms with E-state index in [2.05, 4.69) is 31.0 Å². The van der Waals surface area contributed by atoms with E-state index < -0.39 is 4.92 Å². The maximum atomic E-state index is 11.1. The Morgan fingerprint density at radius 2 is 2.29 bits per heavy atom. The molecule has 0 aliphatic carbocycles. The number of aryl methyl sites for hydroxylation is 2. The second-order valence-corrected chi connectivity index (χ2v) is 4.18. The molecule has 21 heavy (non-hydrogen) atoms. The molecule has 2 rings (SSSR count). The molecule has 0 aliphatic heterocycles. The number of rotatable bonds is 7. The van der Waals surface area contributed by atoms with E-state index in [1.54, 1.807) is 17.1 Å². The van der Waals surface area contributed by atoms with E-state index in [1.165, 1.54) is 6.92 Å². The van der Waals surface area contributed by atoms with Crippen molar-refractivity contribution < 1.29 is 4.92 Å². The molecule has 11 nitrogen and oxygen atoms in total. The molecule has 0 bridgehead atoms. The Bertz CT molecular complexity index is 613. The van der Waals surface area contributed by atoms with E-state index >= 15 is 0 Å². The Labute approximate surface area is 119 Å². The van der Waals surface area contributed by atoms with Gasteiger partial charge in [-0.2, -0.15) is 4.98 Å². The Morgan fingerprint density at radius 1 is 1.48 bits per heavy atom. The minimum absolute atomic E-state index is 0.122. The molecule has 0 unspecified atom stereocenters. The monoisotopic (exact) mass is 293 g/mol. The van der Waals surface area contributed by atoms with Gasteiger partial charge in [0, 0.05) is 19.3 Å². The van der Waals surface area contributed by atoms with Crippen molar-refractivity contribution in [2.75, 3.05) is 17.3 Å². The lowest BCUT2D eigenvalue weighted by molar-refractivity contribution is -0.385. The molecule has 2 aromatic heterocycles. The summed E-state index contributed by atoms with van der Waals surface area (Å²) in [5.74, 6) is 5.50. The van der Waals surface area contributed by atoms with Crippen molar-refractivity contribution in [3.05, 3.63) is 28.2 Å². The second-order valence-electron chi connectivity index (χ2n) is 4.18. The zero-order valence-electron chi connectivity index (χ0n) is 11.4. The van der Waals surface area contributed by atoms with Crippen LogP contribution in [0.5, 0.6) is 0 Å². The smallest absolute Gasteiger partial charge is 0.332 e. The highest BCUT2D eigenvalue weighted by atomic mass is 16.6. The molecule has 2 aromatic rings. The summed E-state index contributed by atoms with van der Waals surface area (Å²) in [6, 6.07) is 0. The lowest BCUT2D eigenvalue weighted by Crippen LogP contribution is -2.15. The minimum atomic E-state index is -0.518. The van der Waals surface area contributed by atoms with Crippen LogP contribution in [0.3, 0.4) is 0 Å². The summed E-state index contributed by atoms with van der Waals surface area (Å²) in [5.41, 5.74) is 2.36. The normalized spacial score (nSPS) is 10.4. The Morgan fingerprint density at radius 3 is 2.90 bits per heavy atom. The first-order valence-electron chi connectivity index (χ1n) is 6.19. The topological polar surface area (TPSA) is 150 Å².